The summed E-state index contributed by atoms with van der Waals surface area (Å²) in [6, 6.07) is 19.0. The summed E-state index contributed by atoms with van der Waals surface area (Å²) < 4.78 is 3.29. The van der Waals surface area contributed by atoms with E-state index in [1.807, 2.05) is 67.6 Å². The molecule has 0 unspecified atom stereocenters. The first-order valence-electron chi connectivity index (χ1n) is 11.1. The molecule has 1 fully saturated rings. The van der Waals surface area contributed by atoms with Crippen molar-refractivity contribution in [3.63, 3.8) is 0 Å². The average Bonchev–Trinajstić information content (AvgIpc) is 3.06. The van der Waals surface area contributed by atoms with Crippen LogP contribution >= 0.6 is 0 Å². The summed E-state index contributed by atoms with van der Waals surface area (Å²) in [5.41, 5.74) is 2.45. The molecule has 4 rings (SSSR count). The Morgan fingerprint density at radius 3 is 2.21 bits per heavy atom. The highest BCUT2D eigenvalue weighted by molar-refractivity contribution is 5.94. The zero-order chi connectivity index (χ0) is 23.4. The molecule has 0 aliphatic carbocycles. The molecule has 0 radical (unpaired) electrons. The van der Waals surface area contributed by atoms with E-state index >= 15 is 0 Å². The molecule has 0 saturated carbocycles. The quantitative estimate of drug-likeness (QED) is 0.613. The molecule has 1 N–H and O–H groups in total. The van der Waals surface area contributed by atoms with Crippen molar-refractivity contribution < 1.29 is 9.59 Å². The fourth-order valence-electron chi connectivity index (χ4n) is 4.14. The third-order valence-corrected chi connectivity index (χ3v) is 6.20. The number of nitrogens with zero attached hydrogens (tertiary/aromatic N) is 3. The number of aromatic nitrogens is 2. The SMILES string of the molecule is Cc1c(NC(=O)C2CCN(C(=O)C=Cc3ccccc3)CC2)c(=O)n(-c2ccccc2)n1C. The van der Waals surface area contributed by atoms with E-state index in [1.54, 1.807) is 33.5 Å². The van der Waals surface area contributed by atoms with Crippen LogP contribution in [0.15, 0.2) is 71.5 Å². The van der Waals surface area contributed by atoms with E-state index in [9.17, 15) is 14.4 Å². The largest absolute Gasteiger partial charge is 0.339 e. The minimum Gasteiger partial charge on any atom is -0.339 e. The Hall–Kier alpha value is -3.87. The summed E-state index contributed by atoms with van der Waals surface area (Å²) in [6.45, 7) is 2.84. The van der Waals surface area contributed by atoms with E-state index < -0.39 is 0 Å². The van der Waals surface area contributed by atoms with Gasteiger partial charge in [-0.2, -0.15) is 0 Å². The molecule has 7 nitrogen and oxygen atoms in total. The van der Waals surface area contributed by atoms with Crippen molar-refractivity contribution in [1.82, 2.24) is 14.3 Å². The maximum Gasteiger partial charge on any atom is 0.295 e. The molecule has 3 aromatic rings. The van der Waals surface area contributed by atoms with Crippen molar-refractivity contribution in [1.29, 1.82) is 0 Å². The van der Waals surface area contributed by atoms with Gasteiger partial charge in [-0.3, -0.25) is 19.1 Å². The van der Waals surface area contributed by atoms with Crippen LogP contribution in [0.2, 0.25) is 0 Å². The van der Waals surface area contributed by atoms with Crippen molar-refractivity contribution in [3.8, 4) is 5.69 Å². The van der Waals surface area contributed by atoms with Gasteiger partial charge in [-0.25, -0.2) is 4.68 Å². The third kappa shape index (κ3) is 4.82. The molecular weight excluding hydrogens is 416 g/mol. The van der Waals surface area contributed by atoms with Gasteiger partial charge >= 0.3 is 0 Å². The summed E-state index contributed by atoms with van der Waals surface area (Å²) >= 11 is 0. The molecule has 1 aromatic heterocycles. The van der Waals surface area contributed by atoms with Crippen molar-refractivity contribution in [2.24, 2.45) is 13.0 Å². The van der Waals surface area contributed by atoms with Crippen LogP contribution in [0, 0.1) is 12.8 Å². The van der Waals surface area contributed by atoms with Crippen LogP contribution in [-0.4, -0.2) is 39.2 Å². The molecule has 2 amide bonds. The lowest BCUT2D eigenvalue weighted by atomic mass is 9.95. The van der Waals surface area contributed by atoms with Gasteiger partial charge in [0.1, 0.15) is 5.69 Å². The molecule has 2 aromatic carbocycles. The van der Waals surface area contributed by atoms with Gasteiger partial charge in [0.05, 0.1) is 11.4 Å². The fourth-order valence-corrected chi connectivity index (χ4v) is 4.14. The van der Waals surface area contributed by atoms with Crippen molar-refractivity contribution in [2.45, 2.75) is 19.8 Å². The number of nitrogens with one attached hydrogen (secondary N) is 1. The molecule has 0 spiro atoms. The van der Waals surface area contributed by atoms with E-state index in [4.69, 9.17) is 0 Å². The zero-order valence-electron chi connectivity index (χ0n) is 18.9. The molecule has 1 aliphatic heterocycles. The smallest absolute Gasteiger partial charge is 0.295 e. The predicted molar refractivity (Wildman–Crippen MR) is 129 cm³/mol. The third-order valence-electron chi connectivity index (χ3n) is 6.20. The van der Waals surface area contributed by atoms with Gasteiger partial charge in [0.25, 0.3) is 5.56 Å². The van der Waals surface area contributed by atoms with Crippen LogP contribution in [0.5, 0.6) is 0 Å². The minimum absolute atomic E-state index is 0.0534. The van der Waals surface area contributed by atoms with Gasteiger partial charge in [0.2, 0.25) is 11.8 Å². The standard InChI is InChI=1S/C26H28N4O3/c1-19-24(26(33)30(28(19)2)22-11-7-4-8-12-22)27-25(32)21-15-17-29(18-16-21)23(31)14-13-20-9-5-3-6-10-20/h3-14,21H,15-18H2,1-2H3,(H,27,32). The lowest BCUT2D eigenvalue weighted by Gasteiger charge is -2.30. The van der Waals surface area contributed by atoms with Crippen molar-refractivity contribution in [2.75, 3.05) is 18.4 Å². The van der Waals surface area contributed by atoms with Crippen LogP contribution < -0.4 is 10.9 Å². The van der Waals surface area contributed by atoms with E-state index in [0.717, 1.165) is 11.3 Å². The number of para-hydroxylation sites is 1. The fraction of sp³-hybridized carbons (Fsp3) is 0.269. The Labute approximate surface area is 192 Å². The molecule has 170 valence electrons. The molecular formula is C26H28N4O3. The number of amides is 2. The van der Waals surface area contributed by atoms with E-state index in [1.165, 1.54) is 0 Å². The van der Waals surface area contributed by atoms with Crippen LogP contribution in [-0.2, 0) is 16.6 Å². The minimum atomic E-state index is -0.256. The number of rotatable bonds is 5. The topological polar surface area (TPSA) is 76.3 Å². The van der Waals surface area contributed by atoms with Gasteiger partial charge < -0.3 is 10.2 Å². The summed E-state index contributed by atoms with van der Waals surface area (Å²) in [4.78, 5) is 40.2. The second kappa shape index (κ2) is 9.73. The molecule has 7 heteroatoms. The highest BCUT2D eigenvalue weighted by Crippen LogP contribution is 2.21. The summed E-state index contributed by atoms with van der Waals surface area (Å²) in [5, 5.41) is 2.86. The predicted octanol–water partition coefficient (Wildman–Crippen LogP) is 3.37. The first kappa shape index (κ1) is 22.3. The Morgan fingerprint density at radius 1 is 0.970 bits per heavy atom. The van der Waals surface area contributed by atoms with E-state index in [-0.39, 0.29) is 23.3 Å². The monoisotopic (exact) mass is 444 g/mol. The van der Waals surface area contributed by atoms with Crippen molar-refractivity contribution >= 4 is 23.6 Å². The molecule has 1 aliphatic rings. The lowest BCUT2D eigenvalue weighted by molar-refractivity contribution is -0.130. The summed E-state index contributed by atoms with van der Waals surface area (Å²) in [6.07, 6.45) is 4.51. The number of likely N-dealkylation sites (tertiary alicyclic amines) is 1. The summed E-state index contributed by atoms with van der Waals surface area (Å²) in [5.74, 6) is -0.466. The normalized spacial score (nSPS) is 14.5. The lowest BCUT2D eigenvalue weighted by Crippen LogP contribution is -2.41. The van der Waals surface area contributed by atoms with Crippen LogP contribution in [0.25, 0.3) is 11.8 Å². The second-order valence-corrected chi connectivity index (χ2v) is 8.27. The maximum absolute atomic E-state index is 13.0. The van der Waals surface area contributed by atoms with Gasteiger partial charge in [-0.1, -0.05) is 48.5 Å². The number of anilines is 1. The first-order chi connectivity index (χ1) is 16.0. The van der Waals surface area contributed by atoms with Crippen LogP contribution in [0.3, 0.4) is 0 Å². The number of piperidine rings is 1. The molecule has 2 heterocycles. The van der Waals surface area contributed by atoms with Gasteiger partial charge in [-0.05, 0) is 43.5 Å². The maximum atomic E-state index is 13.0. The van der Waals surface area contributed by atoms with Gasteiger partial charge in [0, 0.05) is 32.1 Å². The highest BCUT2D eigenvalue weighted by atomic mass is 16.2. The first-order valence-corrected chi connectivity index (χ1v) is 11.1. The average molecular weight is 445 g/mol. The molecule has 0 bridgehead atoms. The summed E-state index contributed by atoms with van der Waals surface area (Å²) in [7, 11) is 1.80. The Balaban J connectivity index is 1.39. The van der Waals surface area contributed by atoms with Crippen LogP contribution in [0.1, 0.15) is 24.1 Å². The second-order valence-electron chi connectivity index (χ2n) is 8.27. The number of benzene rings is 2. The number of hydrogen-bond donors (Lipinski definition) is 1. The number of carbonyl (C=O) groups is 2. The Morgan fingerprint density at radius 2 is 1.58 bits per heavy atom. The Kier molecular flexibility index (Phi) is 6.58. The molecule has 33 heavy (non-hydrogen) atoms. The Bertz CT molecular complexity index is 1220. The van der Waals surface area contributed by atoms with E-state index in [0.29, 0.717) is 37.3 Å². The highest BCUT2D eigenvalue weighted by Gasteiger charge is 2.28. The van der Waals surface area contributed by atoms with E-state index in [2.05, 4.69) is 5.32 Å². The molecule has 0 atom stereocenters. The van der Waals surface area contributed by atoms with Gasteiger partial charge in [0.15, 0.2) is 0 Å². The van der Waals surface area contributed by atoms with Crippen LogP contribution in [0.4, 0.5) is 5.69 Å². The number of hydrogen-bond acceptors (Lipinski definition) is 3. The van der Waals surface area contributed by atoms with Crippen molar-refractivity contribution in [3.05, 3.63) is 88.4 Å². The number of carbonyl (C=O) groups excluding carboxylic acids is 2. The zero-order valence-corrected chi connectivity index (χ0v) is 18.9. The van der Waals surface area contributed by atoms with Gasteiger partial charge in [-0.15, -0.1) is 0 Å². The molecule has 1 saturated heterocycles.